The molecular weight excluding hydrogens is 400 g/mol. The van der Waals surface area contributed by atoms with Crippen LogP contribution >= 0.6 is 11.3 Å². The van der Waals surface area contributed by atoms with E-state index in [1.54, 1.807) is 6.08 Å². The van der Waals surface area contributed by atoms with Gasteiger partial charge in [-0.25, -0.2) is 0 Å². The summed E-state index contributed by atoms with van der Waals surface area (Å²) in [6, 6.07) is 8.06. The Labute approximate surface area is 181 Å². The molecule has 0 unspecified atom stereocenters. The summed E-state index contributed by atoms with van der Waals surface area (Å²) in [6.07, 6.45) is 1.68. The van der Waals surface area contributed by atoms with Gasteiger partial charge in [-0.3, -0.25) is 19.4 Å². The lowest BCUT2D eigenvalue weighted by Crippen LogP contribution is -2.49. The molecule has 9 heteroatoms. The topological polar surface area (TPSA) is 90.5 Å². The van der Waals surface area contributed by atoms with Crippen LogP contribution in [-0.4, -0.2) is 71.1 Å². The van der Waals surface area contributed by atoms with Crippen LogP contribution in [0.5, 0.6) is 0 Å². The van der Waals surface area contributed by atoms with E-state index in [1.807, 2.05) is 31.2 Å². The van der Waals surface area contributed by atoms with Crippen LogP contribution in [0.15, 0.2) is 36.9 Å². The van der Waals surface area contributed by atoms with Crippen molar-refractivity contribution in [3.05, 3.63) is 58.1 Å². The highest BCUT2D eigenvalue weighted by atomic mass is 32.1. The largest absolute Gasteiger partial charge is 0.352 e. The molecule has 30 heavy (non-hydrogen) atoms. The van der Waals surface area contributed by atoms with E-state index in [9.17, 15) is 9.59 Å². The quantitative estimate of drug-likeness (QED) is 0.584. The number of carbonyl (C=O) groups excluding carboxylic acids is 2. The molecule has 1 aromatic carbocycles. The lowest BCUT2D eigenvalue weighted by molar-refractivity contribution is -0.122. The van der Waals surface area contributed by atoms with Crippen LogP contribution in [0, 0.1) is 6.92 Å². The zero-order valence-corrected chi connectivity index (χ0v) is 18.1. The molecule has 0 spiro atoms. The first kappa shape index (κ1) is 22.1. The molecule has 1 saturated heterocycles. The molecular formula is C21H28N6O2S. The molecule has 3 rings (SSSR count). The number of amides is 2. The molecule has 0 aliphatic carbocycles. The molecule has 1 aliphatic rings. The summed E-state index contributed by atoms with van der Waals surface area (Å²) in [5, 5.41) is 15.1. The van der Waals surface area contributed by atoms with Crippen molar-refractivity contribution >= 4 is 23.2 Å². The lowest BCUT2D eigenvalue weighted by Gasteiger charge is -2.33. The Morgan fingerprint density at radius 3 is 2.50 bits per heavy atom. The van der Waals surface area contributed by atoms with Crippen LogP contribution < -0.4 is 10.6 Å². The van der Waals surface area contributed by atoms with E-state index >= 15 is 0 Å². The fourth-order valence-electron chi connectivity index (χ4n) is 3.11. The van der Waals surface area contributed by atoms with E-state index in [0.29, 0.717) is 31.2 Å². The van der Waals surface area contributed by atoms with Crippen LogP contribution in [0.4, 0.5) is 0 Å². The van der Waals surface area contributed by atoms with E-state index in [1.165, 1.54) is 16.9 Å². The van der Waals surface area contributed by atoms with Crippen molar-refractivity contribution in [1.82, 2.24) is 30.6 Å². The van der Waals surface area contributed by atoms with Crippen molar-refractivity contribution in [3.8, 4) is 0 Å². The Morgan fingerprint density at radius 1 is 1.10 bits per heavy atom. The van der Waals surface area contributed by atoms with Crippen LogP contribution in [0.25, 0.3) is 0 Å². The van der Waals surface area contributed by atoms with Gasteiger partial charge in [-0.15, -0.1) is 16.8 Å². The predicted molar refractivity (Wildman–Crippen MR) is 117 cm³/mol. The number of nitrogens with zero attached hydrogens (tertiary/aromatic N) is 4. The van der Waals surface area contributed by atoms with Gasteiger partial charge in [0, 0.05) is 39.3 Å². The van der Waals surface area contributed by atoms with Crippen molar-refractivity contribution in [3.63, 3.8) is 0 Å². The maximum absolute atomic E-state index is 12.3. The number of aryl methyl sites for hydroxylation is 1. The average molecular weight is 429 g/mol. The zero-order chi connectivity index (χ0) is 21.3. The molecule has 0 bridgehead atoms. The maximum Gasteiger partial charge on any atom is 0.282 e. The molecule has 2 amide bonds. The highest BCUT2D eigenvalue weighted by Gasteiger charge is 2.21. The third-order valence-electron chi connectivity index (χ3n) is 4.87. The van der Waals surface area contributed by atoms with Gasteiger partial charge in [-0.1, -0.05) is 47.2 Å². The number of rotatable bonds is 9. The van der Waals surface area contributed by atoms with E-state index in [-0.39, 0.29) is 11.8 Å². The summed E-state index contributed by atoms with van der Waals surface area (Å²) in [5.74, 6) is -0.177. The normalized spacial score (nSPS) is 15.0. The fraction of sp³-hybridized carbons (Fsp3) is 0.429. The molecule has 160 valence electrons. The Hall–Kier alpha value is -2.62. The smallest absolute Gasteiger partial charge is 0.282 e. The van der Waals surface area contributed by atoms with Gasteiger partial charge >= 0.3 is 0 Å². The number of hydrogen-bond acceptors (Lipinski definition) is 7. The Bertz CT molecular complexity index is 859. The third kappa shape index (κ3) is 6.72. The number of benzene rings is 1. The van der Waals surface area contributed by atoms with Gasteiger partial charge < -0.3 is 10.6 Å². The van der Waals surface area contributed by atoms with Crippen molar-refractivity contribution in [2.24, 2.45) is 0 Å². The monoisotopic (exact) mass is 428 g/mol. The first-order valence-corrected chi connectivity index (χ1v) is 10.8. The van der Waals surface area contributed by atoms with Crippen LogP contribution in [0.1, 0.15) is 25.9 Å². The third-order valence-corrected chi connectivity index (χ3v) is 5.78. The second kappa shape index (κ2) is 11.0. The van der Waals surface area contributed by atoms with Gasteiger partial charge in [0.1, 0.15) is 5.01 Å². The van der Waals surface area contributed by atoms with E-state index in [2.05, 4.69) is 37.2 Å². The zero-order valence-electron chi connectivity index (χ0n) is 17.3. The van der Waals surface area contributed by atoms with Crippen LogP contribution in [-0.2, 0) is 17.9 Å². The Morgan fingerprint density at radius 2 is 1.80 bits per heavy atom. The molecule has 0 saturated carbocycles. The first-order chi connectivity index (χ1) is 14.5. The Kier molecular flexibility index (Phi) is 8.06. The number of carbonyl (C=O) groups is 2. The standard InChI is InChI=1S/C21H28N6O2S/c1-3-8-22-18(28)14-26-9-11-27(12-10-26)15-19-24-25-21(30-19)20(29)23-13-17-6-4-16(2)5-7-17/h3-7H,1,8-15H2,2H3,(H,22,28)(H,23,29). The number of aromatic nitrogens is 2. The SMILES string of the molecule is C=CCNC(=O)CN1CCN(Cc2nnc(C(=O)NCc3ccc(C)cc3)s2)CC1. The molecule has 2 heterocycles. The summed E-state index contributed by atoms with van der Waals surface area (Å²) in [7, 11) is 0. The minimum absolute atomic E-state index is 0.0220. The van der Waals surface area contributed by atoms with Gasteiger partial charge in [-0.05, 0) is 12.5 Å². The summed E-state index contributed by atoms with van der Waals surface area (Å²) >= 11 is 1.33. The highest BCUT2D eigenvalue weighted by molar-refractivity contribution is 7.13. The maximum atomic E-state index is 12.3. The molecule has 0 atom stereocenters. The fourth-order valence-corrected chi connectivity index (χ4v) is 3.91. The lowest BCUT2D eigenvalue weighted by atomic mass is 10.1. The van der Waals surface area contributed by atoms with E-state index in [0.717, 1.165) is 36.8 Å². The van der Waals surface area contributed by atoms with Gasteiger partial charge in [0.25, 0.3) is 5.91 Å². The minimum atomic E-state index is -0.199. The van der Waals surface area contributed by atoms with E-state index < -0.39 is 0 Å². The molecule has 1 aliphatic heterocycles. The Balaban J connectivity index is 1.41. The number of hydrogen-bond donors (Lipinski definition) is 2. The highest BCUT2D eigenvalue weighted by Crippen LogP contribution is 2.14. The summed E-state index contributed by atoms with van der Waals surface area (Å²) in [6.45, 7) is 11.0. The summed E-state index contributed by atoms with van der Waals surface area (Å²) in [4.78, 5) is 28.6. The second-order valence-electron chi connectivity index (χ2n) is 7.31. The van der Waals surface area contributed by atoms with Crippen LogP contribution in [0.2, 0.25) is 0 Å². The number of piperazine rings is 1. The van der Waals surface area contributed by atoms with Crippen molar-refractivity contribution in [2.75, 3.05) is 39.3 Å². The second-order valence-corrected chi connectivity index (χ2v) is 8.38. The van der Waals surface area contributed by atoms with Crippen molar-refractivity contribution < 1.29 is 9.59 Å². The molecule has 8 nitrogen and oxygen atoms in total. The van der Waals surface area contributed by atoms with Gasteiger partial charge in [0.2, 0.25) is 10.9 Å². The minimum Gasteiger partial charge on any atom is -0.352 e. The predicted octanol–water partition coefficient (Wildman–Crippen LogP) is 1.20. The van der Waals surface area contributed by atoms with Gasteiger partial charge in [0.05, 0.1) is 13.1 Å². The molecule has 1 fully saturated rings. The summed E-state index contributed by atoms with van der Waals surface area (Å²) < 4.78 is 0. The summed E-state index contributed by atoms with van der Waals surface area (Å²) in [5.41, 5.74) is 2.24. The molecule has 2 N–H and O–H groups in total. The van der Waals surface area contributed by atoms with E-state index in [4.69, 9.17) is 0 Å². The van der Waals surface area contributed by atoms with Gasteiger partial charge in [0.15, 0.2) is 0 Å². The number of nitrogens with one attached hydrogen (secondary N) is 2. The molecule has 2 aromatic rings. The average Bonchev–Trinajstić information content (AvgIpc) is 3.21. The van der Waals surface area contributed by atoms with Gasteiger partial charge in [-0.2, -0.15) is 0 Å². The van der Waals surface area contributed by atoms with Crippen molar-refractivity contribution in [2.45, 2.75) is 20.0 Å². The van der Waals surface area contributed by atoms with Crippen molar-refractivity contribution in [1.29, 1.82) is 0 Å². The molecule has 1 aromatic heterocycles. The van der Waals surface area contributed by atoms with Crippen LogP contribution in [0.3, 0.4) is 0 Å². The molecule has 0 radical (unpaired) electrons. The first-order valence-electron chi connectivity index (χ1n) is 10.0.